The summed E-state index contributed by atoms with van der Waals surface area (Å²) in [5.41, 5.74) is 2.22. The Morgan fingerprint density at radius 3 is 2.35 bits per heavy atom. The molecule has 23 heavy (non-hydrogen) atoms. The molecule has 4 heteroatoms. The van der Waals surface area contributed by atoms with Crippen molar-refractivity contribution in [2.24, 2.45) is 5.92 Å². The molecule has 0 radical (unpaired) electrons. The maximum atomic E-state index is 11.7. The number of alkyl carbamates (subject to hydrolysis) is 1. The van der Waals surface area contributed by atoms with Gasteiger partial charge < -0.3 is 15.4 Å². The normalized spacial score (nSPS) is 20.4. The number of carbonyl (C=O) groups excluding carboxylic acids is 1. The van der Waals surface area contributed by atoms with Gasteiger partial charge in [-0.25, -0.2) is 4.79 Å². The lowest BCUT2D eigenvalue weighted by Gasteiger charge is -2.19. The molecule has 2 N–H and O–H groups in total. The largest absolute Gasteiger partial charge is 0.444 e. The average molecular weight is 318 g/mol. The minimum atomic E-state index is -0.445. The van der Waals surface area contributed by atoms with Gasteiger partial charge in [-0.15, -0.1) is 0 Å². The Morgan fingerprint density at radius 1 is 1.17 bits per heavy atom. The van der Waals surface area contributed by atoms with Gasteiger partial charge in [0.25, 0.3) is 0 Å². The molecule has 1 fully saturated rings. The van der Waals surface area contributed by atoms with Gasteiger partial charge in [-0.05, 0) is 50.7 Å². The molecule has 1 aliphatic rings. The van der Waals surface area contributed by atoms with Crippen LogP contribution in [0.3, 0.4) is 0 Å². The number of ether oxygens (including phenoxy) is 1. The van der Waals surface area contributed by atoms with Crippen LogP contribution in [-0.4, -0.2) is 23.8 Å². The van der Waals surface area contributed by atoms with Gasteiger partial charge in [0, 0.05) is 18.6 Å². The molecule has 128 valence electrons. The first-order valence-corrected chi connectivity index (χ1v) is 8.53. The van der Waals surface area contributed by atoms with E-state index in [-0.39, 0.29) is 12.1 Å². The van der Waals surface area contributed by atoms with Gasteiger partial charge in [0.2, 0.25) is 0 Å². The second-order valence-electron chi connectivity index (χ2n) is 7.89. The van der Waals surface area contributed by atoms with Crippen molar-refractivity contribution in [2.45, 2.75) is 71.7 Å². The van der Waals surface area contributed by atoms with Crippen molar-refractivity contribution in [3.8, 4) is 0 Å². The number of hydrogen-bond acceptors (Lipinski definition) is 3. The molecule has 1 saturated carbocycles. The molecule has 0 spiro atoms. The first-order valence-electron chi connectivity index (χ1n) is 8.53. The Morgan fingerprint density at radius 2 is 1.78 bits per heavy atom. The fourth-order valence-electron chi connectivity index (χ4n) is 2.55. The van der Waals surface area contributed by atoms with E-state index in [9.17, 15) is 4.79 Å². The standard InChI is InChI=1S/C19H30N2O2/c1-13(2)10-14-6-8-15(9-7-14)12-20-16-11-17(16)21-18(22)23-19(3,4)5/h6-9,13,16-17,20H,10-12H2,1-5H3,(H,21,22). The topological polar surface area (TPSA) is 50.4 Å². The third-order valence-corrected chi connectivity index (χ3v) is 3.73. The second kappa shape index (κ2) is 7.35. The summed E-state index contributed by atoms with van der Waals surface area (Å²) in [4.78, 5) is 11.7. The predicted octanol–water partition coefficient (Wildman–Crippen LogP) is 3.64. The minimum Gasteiger partial charge on any atom is -0.444 e. The SMILES string of the molecule is CC(C)Cc1ccc(CNC2CC2NC(=O)OC(C)(C)C)cc1. The lowest BCUT2D eigenvalue weighted by atomic mass is 10.0. The first-order chi connectivity index (χ1) is 10.7. The van der Waals surface area contributed by atoms with E-state index in [4.69, 9.17) is 4.74 Å². The summed E-state index contributed by atoms with van der Waals surface area (Å²) in [7, 11) is 0. The third-order valence-electron chi connectivity index (χ3n) is 3.73. The van der Waals surface area contributed by atoms with Crippen LogP contribution < -0.4 is 10.6 Å². The molecule has 1 aliphatic carbocycles. The van der Waals surface area contributed by atoms with Crippen LogP contribution >= 0.6 is 0 Å². The molecule has 1 aromatic carbocycles. The zero-order valence-corrected chi connectivity index (χ0v) is 15.0. The number of rotatable bonds is 6. The van der Waals surface area contributed by atoms with Crippen molar-refractivity contribution in [3.05, 3.63) is 35.4 Å². The summed E-state index contributed by atoms with van der Waals surface area (Å²) in [6, 6.07) is 9.32. The van der Waals surface area contributed by atoms with E-state index in [2.05, 4.69) is 48.7 Å². The summed E-state index contributed by atoms with van der Waals surface area (Å²) < 4.78 is 5.27. The van der Waals surface area contributed by atoms with Gasteiger partial charge in [0.1, 0.15) is 5.60 Å². The summed E-state index contributed by atoms with van der Waals surface area (Å²) >= 11 is 0. The van der Waals surface area contributed by atoms with E-state index in [1.807, 2.05) is 20.8 Å². The molecule has 0 aromatic heterocycles. The van der Waals surface area contributed by atoms with Crippen LogP contribution in [0.2, 0.25) is 0 Å². The minimum absolute atomic E-state index is 0.185. The molecule has 2 atom stereocenters. The molecule has 2 rings (SSSR count). The van der Waals surface area contributed by atoms with Crippen LogP contribution in [0.4, 0.5) is 4.79 Å². The Bertz CT molecular complexity index is 517. The third kappa shape index (κ3) is 6.61. The Hall–Kier alpha value is -1.55. The van der Waals surface area contributed by atoms with Crippen LogP contribution in [-0.2, 0) is 17.7 Å². The van der Waals surface area contributed by atoms with Crippen molar-refractivity contribution in [2.75, 3.05) is 0 Å². The molecule has 0 bridgehead atoms. The lowest BCUT2D eigenvalue weighted by molar-refractivity contribution is 0.0522. The Kier molecular flexibility index (Phi) is 5.69. The zero-order valence-electron chi connectivity index (χ0n) is 15.0. The van der Waals surface area contributed by atoms with Crippen molar-refractivity contribution >= 4 is 6.09 Å². The van der Waals surface area contributed by atoms with Gasteiger partial charge in [0.05, 0.1) is 0 Å². The summed E-state index contributed by atoms with van der Waals surface area (Å²) in [5.74, 6) is 0.685. The highest BCUT2D eigenvalue weighted by atomic mass is 16.6. The van der Waals surface area contributed by atoms with Gasteiger partial charge in [-0.2, -0.15) is 0 Å². The summed E-state index contributed by atoms with van der Waals surface area (Å²) in [6.45, 7) is 10.9. The molecule has 2 unspecified atom stereocenters. The molecule has 4 nitrogen and oxygen atoms in total. The summed E-state index contributed by atoms with van der Waals surface area (Å²) in [6.07, 6.45) is 1.76. The van der Waals surface area contributed by atoms with Crippen molar-refractivity contribution < 1.29 is 9.53 Å². The highest BCUT2D eigenvalue weighted by Crippen LogP contribution is 2.22. The van der Waals surface area contributed by atoms with E-state index in [1.54, 1.807) is 0 Å². The predicted molar refractivity (Wildman–Crippen MR) is 93.4 cm³/mol. The fraction of sp³-hybridized carbons (Fsp3) is 0.632. The Labute approximate surface area is 140 Å². The molecular weight excluding hydrogens is 288 g/mol. The quantitative estimate of drug-likeness (QED) is 0.842. The maximum Gasteiger partial charge on any atom is 0.407 e. The van der Waals surface area contributed by atoms with Gasteiger partial charge in [-0.3, -0.25) is 0 Å². The van der Waals surface area contributed by atoms with Crippen LogP contribution in [0.5, 0.6) is 0 Å². The molecule has 1 amide bonds. The van der Waals surface area contributed by atoms with E-state index < -0.39 is 5.60 Å². The Balaban J connectivity index is 1.69. The van der Waals surface area contributed by atoms with Crippen LogP contribution in [0.15, 0.2) is 24.3 Å². The average Bonchev–Trinajstić information content (AvgIpc) is 3.13. The van der Waals surface area contributed by atoms with Crippen molar-refractivity contribution in [1.82, 2.24) is 10.6 Å². The van der Waals surface area contributed by atoms with Crippen LogP contribution in [0, 0.1) is 5.92 Å². The maximum absolute atomic E-state index is 11.7. The van der Waals surface area contributed by atoms with E-state index in [0.29, 0.717) is 12.0 Å². The van der Waals surface area contributed by atoms with Gasteiger partial charge >= 0.3 is 6.09 Å². The monoisotopic (exact) mass is 318 g/mol. The number of carbonyl (C=O) groups is 1. The van der Waals surface area contributed by atoms with Crippen molar-refractivity contribution in [3.63, 3.8) is 0 Å². The number of nitrogens with one attached hydrogen (secondary N) is 2. The number of benzene rings is 1. The van der Waals surface area contributed by atoms with Gasteiger partial charge in [-0.1, -0.05) is 38.1 Å². The summed E-state index contributed by atoms with van der Waals surface area (Å²) in [5, 5.41) is 6.38. The lowest BCUT2D eigenvalue weighted by Crippen LogP contribution is -2.36. The van der Waals surface area contributed by atoms with Crippen LogP contribution in [0.1, 0.15) is 52.2 Å². The number of hydrogen-bond donors (Lipinski definition) is 2. The molecule has 0 saturated heterocycles. The molecular formula is C19H30N2O2. The van der Waals surface area contributed by atoms with E-state index in [0.717, 1.165) is 19.4 Å². The highest BCUT2D eigenvalue weighted by molar-refractivity contribution is 5.68. The molecule has 0 heterocycles. The van der Waals surface area contributed by atoms with E-state index >= 15 is 0 Å². The zero-order chi connectivity index (χ0) is 17.0. The number of amides is 1. The highest BCUT2D eigenvalue weighted by Gasteiger charge is 2.38. The second-order valence-corrected chi connectivity index (χ2v) is 7.89. The van der Waals surface area contributed by atoms with Crippen molar-refractivity contribution in [1.29, 1.82) is 0 Å². The molecule has 1 aromatic rings. The van der Waals surface area contributed by atoms with Gasteiger partial charge in [0.15, 0.2) is 0 Å². The van der Waals surface area contributed by atoms with Crippen LogP contribution in [0.25, 0.3) is 0 Å². The van der Waals surface area contributed by atoms with E-state index in [1.165, 1.54) is 11.1 Å². The smallest absolute Gasteiger partial charge is 0.407 e. The molecule has 0 aliphatic heterocycles. The fourth-order valence-corrected chi connectivity index (χ4v) is 2.55. The first kappa shape index (κ1) is 17.8.